The van der Waals surface area contributed by atoms with Crippen LogP contribution in [0.3, 0.4) is 0 Å². The number of fused-ring (bicyclic) bond motifs is 1. The summed E-state index contributed by atoms with van der Waals surface area (Å²) in [4.78, 5) is 2.06. The van der Waals surface area contributed by atoms with Crippen molar-refractivity contribution in [3.8, 4) is 0 Å². The Balaban J connectivity index is 2.29. The molecule has 0 aromatic heterocycles. The molecular formula is C11H14ClFN2O2S. The molecule has 1 aromatic carbocycles. The van der Waals surface area contributed by atoms with Crippen molar-refractivity contribution < 1.29 is 12.8 Å². The molecule has 2 rings (SSSR count). The molecule has 1 heterocycles. The zero-order chi connectivity index (χ0) is 13.2. The van der Waals surface area contributed by atoms with Crippen LogP contribution in [-0.2, 0) is 10.0 Å². The number of halogens is 2. The number of unbranched alkanes of at least 4 members (excludes halogenated alkanes) is 1. The number of hydrogen-bond donors (Lipinski definition) is 1. The number of benzene rings is 1. The van der Waals surface area contributed by atoms with Crippen LogP contribution in [0.1, 0.15) is 12.8 Å². The predicted molar refractivity (Wildman–Crippen MR) is 69.2 cm³/mol. The maximum atomic E-state index is 12.1. The van der Waals surface area contributed by atoms with Gasteiger partial charge in [-0.2, -0.15) is 4.72 Å². The Bertz CT molecular complexity index is 536. The van der Waals surface area contributed by atoms with Gasteiger partial charge in [0, 0.05) is 11.6 Å². The summed E-state index contributed by atoms with van der Waals surface area (Å²) < 4.78 is 38.2. The lowest BCUT2D eigenvalue weighted by molar-refractivity contribution is 0.460. The average molecular weight is 293 g/mol. The minimum atomic E-state index is -3.48. The van der Waals surface area contributed by atoms with Crippen molar-refractivity contribution in [2.45, 2.75) is 17.7 Å². The minimum absolute atomic E-state index is 0.182. The van der Waals surface area contributed by atoms with Crippen molar-refractivity contribution in [2.75, 3.05) is 24.8 Å². The fraction of sp³-hybridized carbons (Fsp3) is 0.455. The molecule has 1 aromatic rings. The molecule has 0 radical (unpaired) electrons. The van der Waals surface area contributed by atoms with Crippen molar-refractivity contribution in [3.05, 3.63) is 23.2 Å². The first-order chi connectivity index (χ1) is 8.54. The van der Waals surface area contributed by atoms with Gasteiger partial charge in [0.2, 0.25) is 10.0 Å². The summed E-state index contributed by atoms with van der Waals surface area (Å²) in [5.74, 6) is 0. The van der Waals surface area contributed by atoms with Crippen molar-refractivity contribution in [1.82, 2.24) is 4.72 Å². The first kappa shape index (κ1) is 13.6. The molecule has 0 saturated carbocycles. The largest absolute Gasteiger partial charge is 0.357 e. The number of nitrogens with zero attached hydrogens (tertiary/aromatic N) is 1. The quantitative estimate of drug-likeness (QED) is 0.865. The highest BCUT2D eigenvalue weighted by molar-refractivity contribution is 7.89. The molecule has 18 heavy (non-hydrogen) atoms. The van der Waals surface area contributed by atoms with Crippen LogP contribution < -0.4 is 9.62 Å². The number of alkyl halides is 1. The minimum Gasteiger partial charge on any atom is -0.357 e. The van der Waals surface area contributed by atoms with Gasteiger partial charge in [-0.3, -0.25) is 4.39 Å². The normalized spacial score (nSPS) is 17.6. The Hall–Kier alpha value is -0.850. The monoisotopic (exact) mass is 292 g/mol. The molecule has 100 valence electrons. The van der Waals surface area contributed by atoms with Crippen LogP contribution in [0.15, 0.2) is 23.1 Å². The van der Waals surface area contributed by atoms with E-state index in [2.05, 4.69) is 4.72 Å². The zero-order valence-corrected chi connectivity index (χ0v) is 11.3. The van der Waals surface area contributed by atoms with E-state index >= 15 is 0 Å². The van der Waals surface area contributed by atoms with Crippen LogP contribution in [0.4, 0.5) is 10.1 Å². The summed E-state index contributed by atoms with van der Waals surface area (Å²) in [6, 6.07) is 4.77. The van der Waals surface area contributed by atoms with Crippen LogP contribution in [0.25, 0.3) is 0 Å². The van der Waals surface area contributed by atoms with Gasteiger partial charge in [0.15, 0.2) is 0 Å². The van der Waals surface area contributed by atoms with Crippen LogP contribution >= 0.6 is 11.6 Å². The highest BCUT2D eigenvalue weighted by Gasteiger charge is 2.27. The fourth-order valence-corrected chi connectivity index (χ4v) is 3.36. The van der Waals surface area contributed by atoms with Gasteiger partial charge in [-0.05, 0) is 31.0 Å². The standard InChI is InChI=1S/C11H14ClFN2O2S/c12-9-3-4-10-11(7-9)18(16,17)14-8-15(10)6-2-1-5-13/h3-4,7,14H,1-2,5-6,8H2. The fourth-order valence-electron chi connectivity index (χ4n) is 1.89. The Morgan fingerprint density at radius 3 is 2.89 bits per heavy atom. The van der Waals surface area contributed by atoms with Gasteiger partial charge in [-0.15, -0.1) is 0 Å². The topological polar surface area (TPSA) is 49.4 Å². The second kappa shape index (κ2) is 5.42. The van der Waals surface area contributed by atoms with Crippen molar-refractivity contribution in [3.63, 3.8) is 0 Å². The molecular weight excluding hydrogens is 279 g/mol. The molecule has 0 saturated heterocycles. The van der Waals surface area contributed by atoms with Crippen LogP contribution in [0.5, 0.6) is 0 Å². The first-order valence-corrected chi connectivity index (χ1v) is 7.51. The first-order valence-electron chi connectivity index (χ1n) is 5.65. The second-order valence-electron chi connectivity index (χ2n) is 4.08. The summed E-state index contributed by atoms with van der Waals surface area (Å²) in [5.41, 5.74) is 0.622. The van der Waals surface area contributed by atoms with Gasteiger partial charge in [-0.25, -0.2) is 8.42 Å². The molecule has 0 aliphatic carbocycles. The molecule has 1 N–H and O–H groups in total. The molecule has 0 atom stereocenters. The van der Waals surface area contributed by atoms with E-state index in [0.717, 1.165) is 0 Å². The number of sulfonamides is 1. The predicted octanol–water partition coefficient (Wildman–Crippen LogP) is 2.15. The Labute approximate surface area is 111 Å². The summed E-state index contributed by atoms with van der Waals surface area (Å²) >= 11 is 5.82. The molecule has 0 amide bonds. The molecule has 0 bridgehead atoms. The zero-order valence-electron chi connectivity index (χ0n) is 9.70. The third-order valence-electron chi connectivity index (χ3n) is 2.81. The molecule has 0 fully saturated rings. The highest BCUT2D eigenvalue weighted by atomic mass is 35.5. The van der Waals surface area contributed by atoms with Gasteiger partial charge in [0.1, 0.15) is 4.90 Å². The number of rotatable bonds is 4. The van der Waals surface area contributed by atoms with Crippen molar-refractivity contribution in [1.29, 1.82) is 0 Å². The van der Waals surface area contributed by atoms with Crippen molar-refractivity contribution in [2.24, 2.45) is 0 Å². The van der Waals surface area contributed by atoms with E-state index in [0.29, 0.717) is 30.1 Å². The van der Waals surface area contributed by atoms with E-state index in [1.807, 2.05) is 4.90 Å². The third kappa shape index (κ3) is 2.76. The molecule has 1 aliphatic heterocycles. The van der Waals surface area contributed by atoms with Gasteiger partial charge >= 0.3 is 0 Å². The van der Waals surface area contributed by atoms with Crippen LogP contribution in [0.2, 0.25) is 5.02 Å². The summed E-state index contributed by atoms with van der Waals surface area (Å²) in [6.45, 7) is 0.470. The molecule has 0 unspecified atom stereocenters. The maximum Gasteiger partial charge on any atom is 0.244 e. The van der Waals surface area contributed by atoms with Crippen molar-refractivity contribution >= 4 is 27.3 Å². The van der Waals surface area contributed by atoms with Crippen LogP contribution in [-0.4, -0.2) is 28.3 Å². The second-order valence-corrected chi connectivity index (χ2v) is 6.25. The van der Waals surface area contributed by atoms with Gasteiger partial charge in [0.05, 0.1) is 19.0 Å². The number of anilines is 1. The van der Waals surface area contributed by atoms with E-state index < -0.39 is 10.0 Å². The number of nitrogens with one attached hydrogen (secondary N) is 1. The molecule has 1 aliphatic rings. The van der Waals surface area contributed by atoms with E-state index in [1.165, 1.54) is 6.07 Å². The van der Waals surface area contributed by atoms with Gasteiger partial charge < -0.3 is 4.90 Å². The Kier molecular flexibility index (Phi) is 4.09. The van der Waals surface area contributed by atoms with E-state index in [-0.39, 0.29) is 18.2 Å². The Morgan fingerprint density at radius 1 is 1.39 bits per heavy atom. The van der Waals surface area contributed by atoms with E-state index in [9.17, 15) is 12.8 Å². The number of hydrogen-bond acceptors (Lipinski definition) is 3. The highest BCUT2D eigenvalue weighted by Crippen LogP contribution is 2.31. The summed E-state index contributed by atoms with van der Waals surface area (Å²) in [7, 11) is -3.48. The third-order valence-corrected chi connectivity index (χ3v) is 4.46. The Morgan fingerprint density at radius 2 is 2.17 bits per heavy atom. The average Bonchev–Trinajstić information content (AvgIpc) is 2.33. The maximum absolute atomic E-state index is 12.1. The van der Waals surface area contributed by atoms with Gasteiger partial charge in [0.25, 0.3) is 0 Å². The smallest absolute Gasteiger partial charge is 0.244 e. The van der Waals surface area contributed by atoms with E-state index in [4.69, 9.17) is 11.6 Å². The van der Waals surface area contributed by atoms with E-state index in [1.54, 1.807) is 12.1 Å². The molecule has 0 spiro atoms. The lowest BCUT2D eigenvalue weighted by Gasteiger charge is -2.31. The molecule has 4 nitrogen and oxygen atoms in total. The summed E-state index contributed by atoms with van der Waals surface area (Å²) in [6.07, 6.45) is 1.16. The van der Waals surface area contributed by atoms with Crippen LogP contribution in [0, 0.1) is 0 Å². The lowest BCUT2D eigenvalue weighted by Crippen LogP contribution is -2.43. The SMILES string of the molecule is O=S1(=O)NCN(CCCCF)c2ccc(Cl)cc21. The van der Waals surface area contributed by atoms with Gasteiger partial charge in [-0.1, -0.05) is 11.6 Å². The lowest BCUT2D eigenvalue weighted by atomic mass is 10.2. The molecule has 7 heteroatoms. The summed E-state index contributed by atoms with van der Waals surface area (Å²) in [5, 5.41) is 0.379.